The van der Waals surface area contributed by atoms with Gasteiger partial charge in [0.25, 0.3) is 0 Å². The van der Waals surface area contributed by atoms with Crippen LogP contribution in [-0.2, 0) is 14.3 Å². The molecule has 1 aliphatic rings. The lowest BCUT2D eigenvalue weighted by Gasteiger charge is -2.29. The second kappa shape index (κ2) is 8.05. The van der Waals surface area contributed by atoms with E-state index in [1.807, 2.05) is 16.8 Å². The van der Waals surface area contributed by atoms with Gasteiger partial charge in [-0.15, -0.1) is 0 Å². The lowest BCUT2D eigenvalue weighted by Crippen LogP contribution is -2.49. The summed E-state index contributed by atoms with van der Waals surface area (Å²) in [4.78, 5) is 26.7. The van der Waals surface area contributed by atoms with Crippen molar-refractivity contribution < 1.29 is 14.3 Å². The van der Waals surface area contributed by atoms with Crippen LogP contribution in [0.2, 0.25) is 0 Å². The van der Waals surface area contributed by atoms with E-state index in [0.29, 0.717) is 13.0 Å². The summed E-state index contributed by atoms with van der Waals surface area (Å²) in [7, 11) is 3.29. The fourth-order valence-electron chi connectivity index (χ4n) is 1.92. The molecule has 6 heteroatoms. The number of carbonyl (C=O) groups excluding carboxylic acids is 2. The Bertz CT molecular complexity index is 278. The highest BCUT2D eigenvalue weighted by Gasteiger charge is 2.17. The van der Waals surface area contributed by atoms with Crippen LogP contribution in [0.3, 0.4) is 0 Å². The van der Waals surface area contributed by atoms with Crippen molar-refractivity contribution in [2.75, 3.05) is 53.4 Å². The minimum Gasteiger partial charge on any atom is -0.469 e. The van der Waals surface area contributed by atoms with Crippen molar-refractivity contribution in [3.8, 4) is 0 Å². The van der Waals surface area contributed by atoms with E-state index in [0.717, 1.165) is 39.1 Å². The first kappa shape index (κ1) is 14.9. The van der Waals surface area contributed by atoms with E-state index in [2.05, 4.69) is 10.1 Å². The van der Waals surface area contributed by atoms with Crippen LogP contribution in [-0.4, -0.2) is 75.1 Å². The molecule has 1 rings (SSSR count). The second-order valence-electron chi connectivity index (χ2n) is 4.55. The van der Waals surface area contributed by atoms with Gasteiger partial charge >= 0.3 is 5.97 Å². The molecule has 1 amide bonds. The Hall–Kier alpha value is -1.14. The van der Waals surface area contributed by atoms with Crippen molar-refractivity contribution in [3.05, 3.63) is 0 Å². The fourth-order valence-corrected chi connectivity index (χ4v) is 1.92. The van der Waals surface area contributed by atoms with E-state index in [4.69, 9.17) is 0 Å². The molecule has 1 N–H and O–H groups in total. The van der Waals surface area contributed by atoms with Gasteiger partial charge in [-0.05, 0) is 20.0 Å². The van der Waals surface area contributed by atoms with Gasteiger partial charge in [0.05, 0.1) is 13.7 Å². The standard InChI is InChI=1S/C12H23N3O3/c1-14(7-3-4-12(17)18-2)10-11(16)15-8-5-13-6-9-15/h13H,3-10H2,1-2H3. The van der Waals surface area contributed by atoms with E-state index < -0.39 is 0 Å². The van der Waals surface area contributed by atoms with Gasteiger partial charge in [-0.25, -0.2) is 0 Å². The lowest BCUT2D eigenvalue weighted by atomic mass is 10.3. The monoisotopic (exact) mass is 257 g/mol. The highest BCUT2D eigenvalue weighted by atomic mass is 16.5. The Labute approximate surface area is 108 Å². The zero-order valence-corrected chi connectivity index (χ0v) is 11.3. The molecule has 1 aliphatic heterocycles. The fraction of sp³-hybridized carbons (Fsp3) is 0.833. The average Bonchev–Trinajstić information content (AvgIpc) is 2.39. The number of nitrogens with one attached hydrogen (secondary N) is 1. The molecule has 0 radical (unpaired) electrons. The van der Waals surface area contributed by atoms with Gasteiger partial charge in [-0.2, -0.15) is 0 Å². The molecule has 0 aliphatic carbocycles. The molecular formula is C12H23N3O3. The van der Waals surface area contributed by atoms with E-state index in [9.17, 15) is 9.59 Å². The van der Waals surface area contributed by atoms with Crippen LogP contribution in [0.4, 0.5) is 0 Å². The van der Waals surface area contributed by atoms with E-state index >= 15 is 0 Å². The third-order valence-corrected chi connectivity index (χ3v) is 3.02. The van der Waals surface area contributed by atoms with Crippen LogP contribution < -0.4 is 5.32 Å². The zero-order chi connectivity index (χ0) is 13.4. The van der Waals surface area contributed by atoms with Crippen LogP contribution in [0, 0.1) is 0 Å². The summed E-state index contributed by atoms with van der Waals surface area (Å²) in [5.41, 5.74) is 0. The number of rotatable bonds is 6. The minimum atomic E-state index is -0.197. The molecular weight excluding hydrogens is 234 g/mol. The number of methoxy groups -OCH3 is 1. The van der Waals surface area contributed by atoms with Crippen LogP contribution in [0.15, 0.2) is 0 Å². The Morgan fingerprint density at radius 3 is 2.61 bits per heavy atom. The molecule has 0 aromatic rings. The SMILES string of the molecule is COC(=O)CCCN(C)CC(=O)N1CCNCC1. The molecule has 0 bridgehead atoms. The number of ether oxygens (including phenoxy) is 1. The minimum absolute atomic E-state index is 0.164. The smallest absolute Gasteiger partial charge is 0.305 e. The van der Waals surface area contributed by atoms with Crippen molar-refractivity contribution in [3.63, 3.8) is 0 Å². The maximum Gasteiger partial charge on any atom is 0.305 e. The number of hydrogen-bond acceptors (Lipinski definition) is 5. The zero-order valence-electron chi connectivity index (χ0n) is 11.3. The quantitative estimate of drug-likeness (QED) is 0.638. The molecule has 1 heterocycles. The van der Waals surface area contributed by atoms with Crippen LogP contribution in [0.1, 0.15) is 12.8 Å². The summed E-state index contributed by atoms with van der Waals surface area (Å²) in [5.74, 6) is -0.0334. The van der Waals surface area contributed by atoms with Gasteiger partial charge in [0.2, 0.25) is 5.91 Å². The molecule has 1 saturated heterocycles. The lowest BCUT2D eigenvalue weighted by molar-refractivity contribution is -0.140. The highest BCUT2D eigenvalue weighted by molar-refractivity contribution is 5.78. The number of esters is 1. The number of piperazine rings is 1. The number of carbonyl (C=O) groups is 2. The number of nitrogens with zero attached hydrogens (tertiary/aromatic N) is 2. The first-order chi connectivity index (χ1) is 8.63. The van der Waals surface area contributed by atoms with E-state index in [-0.39, 0.29) is 11.9 Å². The number of likely N-dealkylation sites (N-methyl/N-ethyl adjacent to an activating group) is 1. The van der Waals surface area contributed by atoms with E-state index in [1.54, 1.807) is 0 Å². The van der Waals surface area contributed by atoms with E-state index in [1.165, 1.54) is 7.11 Å². The third-order valence-electron chi connectivity index (χ3n) is 3.02. The molecule has 0 aromatic heterocycles. The number of hydrogen-bond donors (Lipinski definition) is 1. The number of amides is 1. The Morgan fingerprint density at radius 1 is 1.33 bits per heavy atom. The normalized spacial score (nSPS) is 15.8. The van der Waals surface area contributed by atoms with Crippen molar-refractivity contribution in [2.24, 2.45) is 0 Å². The summed E-state index contributed by atoms with van der Waals surface area (Å²) in [6.45, 7) is 4.47. The summed E-state index contributed by atoms with van der Waals surface area (Å²) in [5, 5.41) is 3.22. The van der Waals surface area contributed by atoms with Crippen LogP contribution in [0.5, 0.6) is 0 Å². The summed E-state index contributed by atoms with van der Waals surface area (Å²) < 4.78 is 4.57. The maximum atomic E-state index is 11.9. The Balaban J connectivity index is 2.16. The van der Waals surface area contributed by atoms with Crippen molar-refractivity contribution in [1.82, 2.24) is 15.1 Å². The van der Waals surface area contributed by atoms with Crippen LogP contribution >= 0.6 is 0 Å². The summed E-state index contributed by atoms with van der Waals surface area (Å²) in [6.07, 6.45) is 1.13. The average molecular weight is 257 g/mol. The second-order valence-corrected chi connectivity index (χ2v) is 4.55. The molecule has 18 heavy (non-hydrogen) atoms. The Kier molecular flexibility index (Phi) is 6.67. The molecule has 104 valence electrons. The highest BCUT2D eigenvalue weighted by Crippen LogP contribution is 1.98. The molecule has 1 fully saturated rings. The van der Waals surface area contributed by atoms with Gasteiger partial charge in [-0.1, -0.05) is 0 Å². The molecule has 6 nitrogen and oxygen atoms in total. The van der Waals surface area contributed by atoms with Gasteiger partial charge < -0.3 is 15.0 Å². The first-order valence-electron chi connectivity index (χ1n) is 6.37. The third kappa shape index (κ3) is 5.46. The topological polar surface area (TPSA) is 61.9 Å². The molecule has 0 saturated carbocycles. The predicted molar refractivity (Wildman–Crippen MR) is 68.2 cm³/mol. The van der Waals surface area contributed by atoms with Crippen molar-refractivity contribution in [1.29, 1.82) is 0 Å². The summed E-state index contributed by atoms with van der Waals surface area (Å²) >= 11 is 0. The van der Waals surface area contributed by atoms with Gasteiger partial charge in [0.15, 0.2) is 0 Å². The van der Waals surface area contributed by atoms with Gasteiger partial charge in [-0.3, -0.25) is 14.5 Å². The largest absolute Gasteiger partial charge is 0.469 e. The predicted octanol–water partition coefficient (Wildman–Crippen LogP) is -0.697. The van der Waals surface area contributed by atoms with Crippen molar-refractivity contribution in [2.45, 2.75) is 12.8 Å². The molecule has 0 unspecified atom stereocenters. The summed E-state index contributed by atoms with van der Waals surface area (Å²) in [6, 6.07) is 0. The maximum absolute atomic E-state index is 11.9. The molecule has 0 aromatic carbocycles. The first-order valence-corrected chi connectivity index (χ1v) is 6.37. The molecule has 0 spiro atoms. The van der Waals surface area contributed by atoms with Gasteiger partial charge in [0.1, 0.15) is 0 Å². The Morgan fingerprint density at radius 2 is 2.00 bits per heavy atom. The molecule has 0 atom stereocenters. The van der Waals surface area contributed by atoms with Gasteiger partial charge in [0, 0.05) is 32.6 Å². The van der Waals surface area contributed by atoms with Crippen LogP contribution in [0.25, 0.3) is 0 Å². The van der Waals surface area contributed by atoms with Crippen molar-refractivity contribution >= 4 is 11.9 Å².